The standard InChI is InChI=1S/C17H31N3/c1-15(2)13-18-14-17(16-9-7-6-8-10-16)20(5)12-11-19(3)4/h6-10,15,17-18H,11-14H2,1-5H3. The van der Waals surface area contributed by atoms with E-state index in [9.17, 15) is 0 Å². The zero-order chi connectivity index (χ0) is 15.0. The predicted molar refractivity (Wildman–Crippen MR) is 88.1 cm³/mol. The first-order valence-corrected chi connectivity index (χ1v) is 7.61. The van der Waals surface area contributed by atoms with Gasteiger partial charge in [-0.1, -0.05) is 44.2 Å². The molecule has 0 bridgehead atoms. The van der Waals surface area contributed by atoms with Gasteiger partial charge in [0.15, 0.2) is 0 Å². The normalized spacial score (nSPS) is 13.4. The van der Waals surface area contributed by atoms with Crippen molar-refractivity contribution in [1.82, 2.24) is 15.1 Å². The zero-order valence-corrected chi connectivity index (χ0v) is 13.8. The van der Waals surface area contributed by atoms with Crippen LogP contribution in [0.5, 0.6) is 0 Å². The van der Waals surface area contributed by atoms with Gasteiger partial charge in [-0.2, -0.15) is 0 Å². The van der Waals surface area contributed by atoms with Gasteiger partial charge >= 0.3 is 0 Å². The molecule has 0 heterocycles. The number of hydrogen-bond acceptors (Lipinski definition) is 3. The summed E-state index contributed by atoms with van der Waals surface area (Å²) < 4.78 is 0. The summed E-state index contributed by atoms with van der Waals surface area (Å²) in [5.41, 5.74) is 1.39. The number of hydrogen-bond donors (Lipinski definition) is 1. The average Bonchev–Trinajstić information content (AvgIpc) is 2.41. The lowest BCUT2D eigenvalue weighted by molar-refractivity contribution is 0.212. The van der Waals surface area contributed by atoms with Crippen LogP contribution in [0.2, 0.25) is 0 Å². The summed E-state index contributed by atoms with van der Waals surface area (Å²) in [6.07, 6.45) is 0. The van der Waals surface area contributed by atoms with Gasteiger partial charge in [-0.3, -0.25) is 4.90 Å². The van der Waals surface area contributed by atoms with Gasteiger partial charge in [0.05, 0.1) is 0 Å². The lowest BCUT2D eigenvalue weighted by Crippen LogP contribution is -2.38. The van der Waals surface area contributed by atoms with E-state index in [-0.39, 0.29) is 0 Å². The SMILES string of the molecule is CC(C)CNCC(c1ccccc1)N(C)CCN(C)C. The Kier molecular flexibility index (Phi) is 7.82. The van der Waals surface area contributed by atoms with Crippen molar-refractivity contribution in [2.75, 3.05) is 47.3 Å². The Bertz CT molecular complexity index is 349. The van der Waals surface area contributed by atoms with Gasteiger partial charge in [-0.15, -0.1) is 0 Å². The van der Waals surface area contributed by atoms with E-state index in [0.29, 0.717) is 12.0 Å². The smallest absolute Gasteiger partial charge is 0.0470 e. The minimum Gasteiger partial charge on any atom is -0.315 e. The molecule has 3 nitrogen and oxygen atoms in total. The molecule has 0 saturated carbocycles. The Labute approximate surface area is 125 Å². The fourth-order valence-electron chi connectivity index (χ4n) is 2.23. The minimum atomic E-state index is 0.440. The second-order valence-electron chi connectivity index (χ2n) is 6.26. The molecule has 0 fully saturated rings. The Morgan fingerprint density at radius 1 is 0.950 bits per heavy atom. The Morgan fingerprint density at radius 2 is 1.60 bits per heavy atom. The highest BCUT2D eigenvalue weighted by molar-refractivity contribution is 5.19. The highest BCUT2D eigenvalue weighted by Crippen LogP contribution is 2.18. The lowest BCUT2D eigenvalue weighted by atomic mass is 10.1. The predicted octanol–water partition coefficient (Wildman–Crippen LogP) is 2.47. The first-order chi connectivity index (χ1) is 9.50. The third-order valence-corrected chi connectivity index (χ3v) is 3.51. The number of benzene rings is 1. The molecule has 1 N–H and O–H groups in total. The van der Waals surface area contributed by atoms with E-state index in [0.717, 1.165) is 26.2 Å². The number of rotatable bonds is 9. The van der Waals surface area contributed by atoms with Crippen LogP contribution in [0.3, 0.4) is 0 Å². The lowest BCUT2D eigenvalue weighted by Gasteiger charge is -2.30. The maximum absolute atomic E-state index is 3.60. The van der Waals surface area contributed by atoms with Crippen molar-refractivity contribution >= 4 is 0 Å². The Morgan fingerprint density at radius 3 is 2.15 bits per heavy atom. The molecular weight excluding hydrogens is 246 g/mol. The first-order valence-electron chi connectivity index (χ1n) is 7.61. The quantitative estimate of drug-likeness (QED) is 0.748. The molecule has 0 aliphatic rings. The van der Waals surface area contributed by atoms with Crippen molar-refractivity contribution < 1.29 is 0 Å². The molecule has 114 valence electrons. The number of nitrogens with one attached hydrogen (secondary N) is 1. The summed E-state index contributed by atoms with van der Waals surface area (Å²) in [6.45, 7) is 8.75. The van der Waals surface area contributed by atoms with E-state index in [1.807, 2.05) is 0 Å². The first kappa shape index (κ1) is 17.2. The molecule has 0 aromatic heterocycles. The molecule has 0 saturated heterocycles. The van der Waals surface area contributed by atoms with E-state index in [1.54, 1.807) is 0 Å². The van der Waals surface area contributed by atoms with Gasteiger partial charge in [0.2, 0.25) is 0 Å². The molecule has 1 aromatic rings. The minimum absolute atomic E-state index is 0.440. The highest BCUT2D eigenvalue weighted by Gasteiger charge is 2.16. The molecule has 3 heteroatoms. The molecule has 0 spiro atoms. The molecule has 0 radical (unpaired) electrons. The summed E-state index contributed by atoms with van der Waals surface area (Å²) in [5.74, 6) is 0.693. The summed E-state index contributed by atoms with van der Waals surface area (Å²) >= 11 is 0. The molecule has 1 unspecified atom stereocenters. The monoisotopic (exact) mass is 277 g/mol. The van der Waals surface area contributed by atoms with Crippen molar-refractivity contribution in [3.8, 4) is 0 Å². The summed E-state index contributed by atoms with van der Waals surface area (Å²) in [6, 6.07) is 11.2. The van der Waals surface area contributed by atoms with Crippen molar-refractivity contribution in [3.63, 3.8) is 0 Å². The molecule has 0 aliphatic carbocycles. The number of nitrogens with zero attached hydrogens (tertiary/aromatic N) is 2. The summed E-state index contributed by atoms with van der Waals surface area (Å²) in [5, 5.41) is 3.60. The van der Waals surface area contributed by atoms with E-state index in [4.69, 9.17) is 0 Å². The van der Waals surface area contributed by atoms with Gasteiger partial charge < -0.3 is 10.2 Å². The maximum atomic E-state index is 3.60. The van der Waals surface area contributed by atoms with Gasteiger partial charge in [0.25, 0.3) is 0 Å². The summed E-state index contributed by atoms with van der Waals surface area (Å²) in [7, 11) is 6.48. The fraction of sp³-hybridized carbons (Fsp3) is 0.647. The van der Waals surface area contributed by atoms with Crippen LogP contribution in [-0.4, -0.2) is 57.1 Å². The Balaban J connectivity index is 2.63. The van der Waals surface area contributed by atoms with Crippen molar-refractivity contribution in [3.05, 3.63) is 35.9 Å². The second-order valence-corrected chi connectivity index (χ2v) is 6.26. The van der Waals surface area contributed by atoms with E-state index >= 15 is 0 Å². The van der Waals surface area contributed by atoms with Crippen LogP contribution in [0.4, 0.5) is 0 Å². The van der Waals surface area contributed by atoms with Gasteiger partial charge in [0, 0.05) is 25.7 Å². The highest BCUT2D eigenvalue weighted by atomic mass is 15.2. The van der Waals surface area contributed by atoms with E-state index in [2.05, 4.69) is 80.4 Å². The van der Waals surface area contributed by atoms with Crippen LogP contribution in [0.25, 0.3) is 0 Å². The molecular formula is C17H31N3. The molecule has 1 aromatic carbocycles. The molecule has 0 amide bonds. The third kappa shape index (κ3) is 6.51. The zero-order valence-electron chi connectivity index (χ0n) is 13.8. The Hall–Kier alpha value is -0.900. The van der Waals surface area contributed by atoms with Gasteiger partial charge in [-0.25, -0.2) is 0 Å². The second kappa shape index (κ2) is 9.11. The van der Waals surface area contributed by atoms with Crippen molar-refractivity contribution in [2.45, 2.75) is 19.9 Å². The largest absolute Gasteiger partial charge is 0.315 e. The number of likely N-dealkylation sites (N-methyl/N-ethyl adjacent to an activating group) is 2. The fourth-order valence-corrected chi connectivity index (χ4v) is 2.23. The topological polar surface area (TPSA) is 18.5 Å². The van der Waals surface area contributed by atoms with Crippen LogP contribution < -0.4 is 5.32 Å². The van der Waals surface area contributed by atoms with Crippen LogP contribution in [-0.2, 0) is 0 Å². The molecule has 20 heavy (non-hydrogen) atoms. The third-order valence-electron chi connectivity index (χ3n) is 3.51. The molecule has 0 aliphatic heterocycles. The van der Waals surface area contributed by atoms with E-state index in [1.165, 1.54) is 5.56 Å². The van der Waals surface area contributed by atoms with E-state index < -0.39 is 0 Å². The van der Waals surface area contributed by atoms with Gasteiger partial charge in [-0.05, 0) is 39.2 Å². The maximum Gasteiger partial charge on any atom is 0.0470 e. The van der Waals surface area contributed by atoms with Crippen molar-refractivity contribution in [1.29, 1.82) is 0 Å². The van der Waals surface area contributed by atoms with Gasteiger partial charge in [0.1, 0.15) is 0 Å². The van der Waals surface area contributed by atoms with Crippen molar-refractivity contribution in [2.24, 2.45) is 5.92 Å². The average molecular weight is 277 g/mol. The summed E-state index contributed by atoms with van der Waals surface area (Å²) in [4.78, 5) is 4.68. The van der Waals surface area contributed by atoms with Crippen LogP contribution in [0.1, 0.15) is 25.5 Å². The molecule has 1 rings (SSSR count). The van der Waals surface area contributed by atoms with Crippen LogP contribution >= 0.6 is 0 Å². The molecule has 1 atom stereocenters. The van der Waals surface area contributed by atoms with Crippen LogP contribution in [0, 0.1) is 5.92 Å². The van der Waals surface area contributed by atoms with Crippen LogP contribution in [0.15, 0.2) is 30.3 Å².